The number of hydrogen-bond acceptors (Lipinski definition) is 4. The molecule has 10 heteroatoms. The number of benzene rings is 1. The Morgan fingerprint density at radius 3 is 2.58 bits per heavy atom. The number of anilines is 1. The maximum Gasteiger partial charge on any atom is 0.418 e. The van der Waals surface area contributed by atoms with Crippen LogP contribution >= 0.6 is 0 Å². The van der Waals surface area contributed by atoms with Crippen LogP contribution in [0, 0.1) is 0 Å². The van der Waals surface area contributed by atoms with Gasteiger partial charge in [0.05, 0.1) is 17.8 Å². The average Bonchev–Trinajstić information content (AvgIpc) is 3.17. The maximum absolute atomic E-state index is 13.2. The lowest BCUT2D eigenvalue weighted by Gasteiger charge is -2.33. The Labute approximate surface area is 179 Å². The third-order valence-electron chi connectivity index (χ3n) is 6.04. The van der Waals surface area contributed by atoms with Crippen LogP contribution in [-0.4, -0.2) is 56.8 Å². The van der Waals surface area contributed by atoms with E-state index >= 15 is 0 Å². The summed E-state index contributed by atoms with van der Waals surface area (Å²) in [6.07, 6.45) is -1.31. The van der Waals surface area contributed by atoms with E-state index in [1.165, 1.54) is 23.1 Å². The second-order valence-electron chi connectivity index (χ2n) is 8.14. The predicted octanol–water partition coefficient (Wildman–Crippen LogP) is 3.93. The molecule has 4 rings (SSSR count). The molecule has 31 heavy (non-hydrogen) atoms. The molecule has 1 aromatic carbocycles. The van der Waals surface area contributed by atoms with Gasteiger partial charge in [-0.3, -0.25) is 0 Å². The average molecular weight is 436 g/mol. The van der Waals surface area contributed by atoms with Gasteiger partial charge in [0.1, 0.15) is 5.82 Å². The molecule has 2 aromatic rings. The number of urea groups is 1. The van der Waals surface area contributed by atoms with Gasteiger partial charge >= 0.3 is 12.2 Å². The van der Waals surface area contributed by atoms with Gasteiger partial charge in [-0.2, -0.15) is 13.2 Å². The van der Waals surface area contributed by atoms with Crippen LogP contribution in [0.4, 0.5) is 23.7 Å². The van der Waals surface area contributed by atoms with Gasteiger partial charge in [-0.15, -0.1) is 10.2 Å². The summed E-state index contributed by atoms with van der Waals surface area (Å²) in [5, 5.41) is 11.1. The van der Waals surface area contributed by atoms with E-state index in [2.05, 4.69) is 31.9 Å². The van der Waals surface area contributed by atoms with Crippen molar-refractivity contribution >= 4 is 11.7 Å². The van der Waals surface area contributed by atoms with E-state index in [9.17, 15) is 18.0 Å². The number of hydrogen-bond donors (Lipinski definition) is 1. The molecule has 1 fully saturated rings. The largest absolute Gasteiger partial charge is 0.418 e. The number of amides is 2. The fraction of sp³-hybridized carbons (Fsp3) is 0.571. The molecule has 0 saturated carbocycles. The van der Waals surface area contributed by atoms with Crippen LogP contribution in [-0.2, 0) is 19.3 Å². The zero-order chi connectivity index (χ0) is 22.0. The van der Waals surface area contributed by atoms with Gasteiger partial charge in [-0.25, -0.2) is 4.79 Å². The van der Waals surface area contributed by atoms with Crippen LogP contribution in [0.3, 0.4) is 0 Å². The van der Waals surface area contributed by atoms with Gasteiger partial charge < -0.3 is 19.7 Å². The highest BCUT2D eigenvalue weighted by Gasteiger charge is 2.35. The van der Waals surface area contributed by atoms with E-state index in [4.69, 9.17) is 0 Å². The molecule has 7 nitrogen and oxygen atoms in total. The molecule has 0 bridgehead atoms. The number of carbonyl (C=O) groups is 1. The van der Waals surface area contributed by atoms with Crippen molar-refractivity contribution in [2.45, 2.75) is 51.4 Å². The summed E-state index contributed by atoms with van der Waals surface area (Å²) in [5.41, 5.74) is -1.10. The van der Waals surface area contributed by atoms with Gasteiger partial charge in [-0.05, 0) is 51.0 Å². The molecule has 2 aliphatic heterocycles. The molecule has 1 saturated heterocycles. The highest BCUT2D eigenvalue weighted by molar-refractivity contribution is 5.90. The van der Waals surface area contributed by atoms with Gasteiger partial charge in [0.15, 0.2) is 5.82 Å². The van der Waals surface area contributed by atoms with E-state index in [1.54, 1.807) is 0 Å². The van der Waals surface area contributed by atoms with Crippen molar-refractivity contribution in [3.63, 3.8) is 0 Å². The zero-order valence-electron chi connectivity index (χ0n) is 17.5. The smallest absolute Gasteiger partial charge is 0.315 e. The molecule has 3 heterocycles. The van der Waals surface area contributed by atoms with Crippen LogP contribution in [0.2, 0.25) is 0 Å². The Morgan fingerprint density at radius 1 is 1.13 bits per heavy atom. The third kappa shape index (κ3) is 4.68. The van der Waals surface area contributed by atoms with Crippen molar-refractivity contribution in [2.24, 2.45) is 0 Å². The Hall–Kier alpha value is -2.62. The van der Waals surface area contributed by atoms with Crippen molar-refractivity contribution in [1.29, 1.82) is 0 Å². The lowest BCUT2D eigenvalue weighted by atomic mass is 9.95. The molecule has 0 aliphatic carbocycles. The lowest BCUT2D eigenvalue weighted by Crippen LogP contribution is -2.42. The minimum Gasteiger partial charge on any atom is -0.315 e. The monoisotopic (exact) mass is 436 g/mol. The first-order chi connectivity index (χ1) is 14.9. The number of fused-ring (bicyclic) bond motifs is 1. The first-order valence-electron chi connectivity index (χ1n) is 10.7. The Morgan fingerprint density at radius 2 is 1.87 bits per heavy atom. The fourth-order valence-corrected chi connectivity index (χ4v) is 4.42. The normalized spacial score (nSPS) is 18.1. The van der Waals surface area contributed by atoms with E-state index < -0.39 is 17.8 Å². The zero-order valence-corrected chi connectivity index (χ0v) is 17.5. The van der Waals surface area contributed by atoms with Crippen molar-refractivity contribution in [2.75, 3.05) is 31.5 Å². The van der Waals surface area contributed by atoms with E-state index in [0.717, 1.165) is 50.8 Å². The van der Waals surface area contributed by atoms with Crippen molar-refractivity contribution in [3.8, 4) is 0 Å². The Balaban J connectivity index is 1.41. The molecule has 0 unspecified atom stereocenters. The Bertz CT molecular complexity index is 920. The van der Waals surface area contributed by atoms with E-state index in [1.807, 2.05) is 0 Å². The van der Waals surface area contributed by atoms with Crippen LogP contribution in [0.1, 0.15) is 49.3 Å². The number of nitrogens with zero attached hydrogens (tertiary/aromatic N) is 5. The summed E-state index contributed by atoms with van der Waals surface area (Å²) in [4.78, 5) is 16.6. The van der Waals surface area contributed by atoms with Crippen molar-refractivity contribution in [1.82, 2.24) is 24.6 Å². The number of rotatable bonds is 4. The minimum absolute atomic E-state index is 0.224. The number of likely N-dealkylation sites (tertiary alicyclic amines) is 1. The summed E-state index contributed by atoms with van der Waals surface area (Å²) in [7, 11) is 0. The summed E-state index contributed by atoms with van der Waals surface area (Å²) in [6, 6.07) is 4.42. The fourth-order valence-electron chi connectivity index (χ4n) is 4.42. The van der Waals surface area contributed by atoms with E-state index in [0.29, 0.717) is 24.8 Å². The van der Waals surface area contributed by atoms with Gasteiger partial charge in [-0.1, -0.05) is 19.1 Å². The predicted molar refractivity (Wildman–Crippen MR) is 110 cm³/mol. The molecule has 0 atom stereocenters. The molecule has 0 radical (unpaired) electrons. The molecule has 2 amide bonds. The number of halogens is 3. The second kappa shape index (κ2) is 8.86. The summed E-state index contributed by atoms with van der Waals surface area (Å²) < 4.78 is 41.7. The van der Waals surface area contributed by atoms with Crippen LogP contribution in [0.5, 0.6) is 0 Å². The first kappa shape index (κ1) is 21.6. The number of nitrogens with one attached hydrogen (secondary N) is 1. The molecule has 0 spiro atoms. The molecular weight excluding hydrogens is 409 g/mol. The Kier molecular flexibility index (Phi) is 6.17. The quantitative estimate of drug-likeness (QED) is 0.789. The number of carbonyl (C=O) groups excluding carboxylic acids is 1. The van der Waals surface area contributed by atoms with Crippen LogP contribution in [0.15, 0.2) is 24.3 Å². The van der Waals surface area contributed by atoms with Crippen molar-refractivity contribution in [3.05, 3.63) is 41.5 Å². The van der Waals surface area contributed by atoms with Crippen molar-refractivity contribution < 1.29 is 18.0 Å². The highest BCUT2D eigenvalue weighted by Crippen LogP contribution is 2.35. The second-order valence-corrected chi connectivity index (χ2v) is 8.14. The van der Waals surface area contributed by atoms with E-state index in [-0.39, 0.29) is 12.2 Å². The SMILES string of the molecule is CCCN1CCC(c2nnc3n2CCN(C(=O)Nc2ccccc2C(F)(F)F)C3)CC1. The van der Waals surface area contributed by atoms with Gasteiger partial charge in [0, 0.05) is 19.0 Å². The number of aromatic nitrogens is 3. The van der Waals surface area contributed by atoms with Crippen LogP contribution in [0.25, 0.3) is 0 Å². The molecule has 2 aliphatic rings. The number of piperidine rings is 1. The molecule has 1 aromatic heterocycles. The summed E-state index contributed by atoms with van der Waals surface area (Å²) >= 11 is 0. The number of para-hydroxylation sites is 1. The minimum atomic E-state index is -4.53. The molecular formula is C21H27F3N6O. The number of alkyl halides is 3. The summed E-state index contributed by atoms with van der Waals surface area (Å²) in [5.74, 6) is 2.00. The summed E-state index contributed by atoms with van der Waals surface area (Å²) in [6.45, 7) is 6.56. The highest BCUT2D eigenvalue weighted by atomic mass is 19.4. The molecule has 168 valence electrons. The third-order valence-corrected chi connectivity index (χ3v) is 6.04. The lowest BCUT2D eigenvalue weighted by molar-refractivity contribution is -0.136. The van der Waals surface area contributed by atoms with Gasteiger partial charge in [0.2, 0.25) is 0 Å². The standard InChI is InChI=1S/C21H27F3N6O/c1-2-9-28-10-7-15(8-11-28)19-27-26-18-14-29(12-13-30(18)19)20(31)25-17-6-4-3-5-16(17)21(22,23)24/h3-6,15H,2,7-14H2,1H3,(H,25,31). The first-order valence-corrected chi connectivity index (χ1v) is 10.7. The van der Waals surface area contributed by atoms with Gasteiger partial charge in [0.25, 0.3) is 0 Å². The maximum atomic E-state index is 13.2. The topological polar surface area (TPSA) is 66.3 Å². The molecule has 1 N–H and O–H groups in total. The van der Waals surface area contributed by atoms with Crippen LogP contribution < -0.4 is 5.32 Å².